The van der Waals surface area contributed by atoms with E-state index >= 15 is 0 Å². The number of phenols is 3. The summed E-state index contributed by atoms with van der Waals surface area (Å²) in [4.78, 5) is 11.5. The number of aromatic hydroxyl groups is 3. The zero-order valence-corrected chi connectivity index (χ0v) is 9.60. The van der Waals surface area contributed by atoms with Crippen LogP contribution in [0.3, 0.4) is 0 Å². The van der Waals surface area contributed by atoms with Gasteiger partial charge < -0.3 is 20.1 Å². The van der Waals surface area contributed by atoms with Crippen LogP contribution < -0.4 is 0 Å². The fourth-order valence-corrected chi connectivity index (χ4v) is 1.09. The summed E-state index contributed by atoms with van der Waals surface area (Å²) in [5.74, 6) is -2.49. The average Bonchev–Trinajstić information content (AvgIpc) is 2.24. The fourth-order valence-electron chi connectivity index (χ4n) is 1.09. The Labute approximate surface area is 98.6 Å². The van der Waals surface area contributed by atoms with Gasteiger partial charge in [-0.1, -0.05) is 5.57 Å². The van der Waals surface area contributed by atoms with Crippen LogP contribution >= 0.6 is 0 Å². The summed E-state index contributed by atoms with van der Waals surface area (Å²) in [7, 11) is 0. The van der Waals surface area contributed by atoms with E-state index in [9.17, 15) is 15.0 Å². The van der Waals surface area contributed by atoms with Crippen molar-refractivity contribution in [3.05, 3.63) is 29.3 Å². The first kappa shape index (κ1) is 12.9. The normalized spacial score (nSPS) is 9.76. The Morgan fingerprint density at radius 2 is 1.76 bits per heavy atom. The van der Waals surface area contributed by atoms with Gasteiger partial charge in [0.15, 0.2) is 17.2 Å². The molecule has 1 aromatic carbocycles. The summed E-state index contributed by atoms with van der Waals surface area (Å²) >= 11 is 0. The third-order valence-corrected chi connectivity index (χ3v) is 2.01. The van der Waals surface area contributed by atoms with Crippen LogP contribution in [0.15, 0.2) is 23.8 Å². The highest BCUT2D eigenvalue weighted by Gasteiger charge is 2.14. The maximum absolute atomic E-state index is 11.5. The molecule has 0 amide bonds. The van der Waals surface area contributed by atoms with Crippen molar-refractivity contribution in [2.45, 2.75) is 13.8 Å². The largest absolute Gasteiger partial charge is 0.504 e. The Morgan fingerprint density at radius 1 is 1.24 bits per heavy atom. The van der Waals surface area contributed by atoms with Gasteiger partial charge in [-0.25, -0.2) is 4.79 Å². The number of esters is 1. The lowest BCUT2D eigenvalue weighted by atomic mass is 10.2. The van der Waals surface area contributed by atoms with Gasteiger partial charge in [-0.05, 0) is 32.1 Å². The summed E-state index contributed by atoms with van der Waals surface area (Å²) in [6.45, 7) is 3.85. The molecule has 5 nitrogen and oxygen atoms in total. The smallest absolute Gasteiger partial charge is 0.338 e. The second-order valence-corrected chi connectivity index (χ2v) is 3.74. The van der Waals surface area contributed by atoms with Crippen molar-refractivity contribution in [3.8, 4) is 17.2 Å². The average molecular weight is 238 g/mol. The molecule has 0 aliphatic heterocycles. The van der Waals surface area contributed by atoms with Crippen LogP contribution in [0.2, 0.25) is 0 Å². The van der Waals surface area contributed by atoms with Crippen LogP contribution in [0.5, 0.6) is 17.2 Å². The topological polar surface area (TPSA) is 87.0 Å². The van der Waals surface area contributed by atoms with Crippen molar-refractivity contribution in [2.75, 3.05) is 6.61 Å². The maximum atomic E-state index is 11.5. The first-order chi connectivity index (χ1) is 7.91. The number of benzene rings is 1. The first-order valence-electron chi connectivity index (χ1n) is 4.97. The standard InChI is InChI=1S/C12H14O5/c1-7(2)3-4-17-12(16)8-5-9(13)11(15)10(14)6-8/h3,5-6,13-15H,4H2,1-2H3. The van der Waals surface area contributed by atoms with E-state index in [0.29, 0.717) is 0 Å². The van der Waals surface area contributed by atoms with E-state index in [4.69, 9.17) is 9.84 Å². The van der Waals surface area contributed by atoms with Crippen molar-refractivity contribution in [1.82, 2.24) is 0 Å². The Morgan fingerprint density at radius 3 is 2.24 bits per heavy atom. The highest BCUT2D eigenvalue weighted by Crippen LogP contribution is 2.35. The number of ether oxygens (including phenoxy) is 1. The molecule has 0 radical (unpaired) electrons. The van der Waals surface area contributed by atoms with E-state index in [-0.39, 0.29) is 12.2 Å². The van der Waals surface area contributed by atoms with Gasteiger partial charge in [0.2, 0.25) is 0 Å². The predicted molar refractivity (Wildman–Crippen MR) is 61.1 cm³/mol. The minimum Gasteiger partial charge on any atom is -0.504 e. The van der Waals surface area contributed by atoms with Gasteiger partial charge in [-0.2, -0.15) is 0 Å². The molecule has 0 fully saturated rings. The number of rotatable bonds is 3. The number of hydrogen-bond acceptors (Lipinski definition) is 5. The molecule has 0 heterocycles. The number of allylic oxidation sites excluding steroid dienone is 1. The molecule has 1 aromatic rings. The third-order valence-electron chi connectivity index (χ3n) is 2.01. The van der Waals surface area contributed by atoms with Gasteiger partial charge in [0.1, 0.15) is 6.61 Å². The van der Waals surface area contributed by atoms with Crippen molar-refractivity contribution in [3.63, 3.8) is 0 Å². The van der Waals surface area contributed by atoms with Crippen LogP contribution in [0.25, 0.3) is 0 Å². The Hall–Kier alpha value is -2.17. The van der Waals surface area contributed by atoms with E-state index in [0.717, 1.165) is 17.7 Å². The first-order valence-corrected chi connectivity index (χ1v) is 4.97. The molecule has 0 bridgehead atoms. The van der Waals surface area contributed by atoms with Crippen LogP contribution in [0.1, 0.15) is 24.2 Å². The van der Waals surface area contributed by atoms with Crippen LogP contribution in [-0.4, -0.2) is 27.9 Å². The lowest BCUT2D eigenvalue weighted by Crippen LogP contribution is -2.05. The summed E-state index contributed by atoms with van der Waals surface area (Å²) < 4.78 is 4.87. The lowest BCUT2D eigenvalue weighted by Gasteiger charge is -2.05. The number of phenolic OH excluding ortho intramolecular Hbond substituents is 3. The van der Waals surface area contributed by atoms with Crippen molar-refractivity contribution < 1.29 is 24.9 Å². The maximum Gasteiger partial charge on any atom is 0.338 e. The molecule has 3 N–H and O–H groups in total. The molecule has 17 heavy (non-hydrogen) atoms. The highest BCUT2D eigenvalue weighted by atomic mass is 16.5. The van der Waals surface area contributed by atoms with Gasteiger partial charge in [0, 0.05) is 0 Å². The quantitative estimate of drug-likeness (QED) is 0.425. The fraction of sp³-hybridized carbons (Fsp3) is 0.250. The zero-order chi connectivity index (χ0) is 13.0. The summed E-state index contributed by atoms with van der Waals surface area (Å²) in [6.07, 6.45) is 1.72. The highest BCUT2D eigenvalue weighted by molar-refractivity contribution is 5.91. The van der Waals surface area contributed by atoms with E-state index < -0.39 is 23.2 Å². The molecule has 0 saturated heterocycles. The molecule has 0 unspecified atom stereocenters. The van der Waals surface area contributed by atoms with Gasteiger partial charge in [-0.15, -0.1) is 0 Å². The van der Waals surface area contributed by atoms with Gasteiger partial charge >= 0.3 is 5.97 Å². The van der Waals surface area contributed by atoms with Crippen molar-refractivity contribution in [1.29, 1.82) is 0 Å². The minimum atomic E-state index is -0.687. The molecular weight excluding hydrogens is 224 g/mol. The van der Waals surface area contributed by atoms with Crippen molar-refractivity contribution in [2.24, 2.45) is 0 Å². The van der Waals surface area contributed by atoms with Crippen LogP contribution in [0.4, 0.5) is 0 Å². The second-order valence-electron chi connectivity index (χ2n) is 3.74. The van der Waals surface area contributed by atoms with Gasteiger partial charge in [0.25, 0.3) is 0 Å². The number of carbonyl (C=O) groups is 1. The molecule has 0 atom stereocenters. The Balaban J connectivity index is 2.80. The van der Waals surface area contributed by atoms with Gasteiger partial charge in [-0.3, -0.25) is 0 Å². The zero-order valence-electron chi connectivity index (χ0n) is 9.60. The molecule has 5 heteroatoms. The Kier molecular flexibility index (Phi) is 3.98. The third kappa shape index (κ3) is 3.41. The Bertz CT molecular complexity index is 435. The van der Waals surface area contributed by atoms with E-state index in [2.05, 4.69) is 0 Å². The lowest BCUT2D eigenvalue weighted by molar-refractivity contribution is 0.0548. The molecule has 1 rings (SSSR count). The van der Waals surface area contributed by atoms with E-state index in [1.807, 2.05) is 13.8 Å². The minimum absolute atomic E-state index is 0.0278. The number of carbonyl (C=O) groups excluding carboxylic acids is 1. The molecule has 0 saturated carbocycles. The van der Waals surface area contributed by atoms with E-state index in [1.165, 1.54) is 0 Å². The molecule has 0 aliphatic rings. The molecule has 0 spiro atoms. The summed E-state index contributed by atoms with van der Waals surface area (Å²) in [6, 6.07) is 2.06. The molecular formula is C12H14O5. The molecule has 0 aromatic heterocycles. The monoisotopic (exact) mass is 238 g/mol. The van der Waals surface area contributed by atoms with E-state index in [1.54, 1.807) is 6.08 Å². The van der Waals surface area contributed by atoms with Gasteiger partial charge in [0.05, 0.1) is 5.56 Å². The SMILES string of the molecule is CC(C)=CCOC(=O)c1cc(O)c(O)c(O)c1. The van der Waals surface area contributed by atoms with Crippen LogP contribution in [-0.2, 0) is 4.74 Å². The molecule has 0 aliphatic carbocycles. The number of hydrogen-bond donors (Lipinski definition) is 3. The van der Waals surface area contributed by atoms with Crippen LogP contribution in [0, 0.1) is 0 Å². The summed E-state index contributed by atoms with van der Waals surface area (Å²) in [5.41, 5.74) is 0.981. The summed E-state index contributed by atoms with van der Waals surface area (Å²) in [5, 5.41) is 27.5. The molecule has 92 valence electrons. The van der Waals surface area contributed by atoms with Crippen molar-refractivity contribution >= 4 is 5.97 Å². The predicted octanol–water partition coefficient (Wildman–Crippen LogP) is 1.93. The second kappa shape index (κ2) is 5.25.